The zero-order chi connectivity index (χ0) is 19.3. The molecule has 2 amide bonds. The number of hydrogen-bond donors (Lipinski definition) is 2. The monoisotopic (exact) mass is 370 g/mol. The zero-order valence-corrected chi connectivity index (χ0v) is 14.8. The van der Waals surface area contributed by atoms with Crippen LogP contribution < -0.4 is 21.5 Å². The lowest BCUT2D eigenvalue weighted by molar-refractivity contribution is 0.0880. The molecule has 3 heterocycles. The van der Waals surface area contributed by atoms with Gasteiger partial charge in [0.25, 0.3) is 17.4 Å². The summed E-state index contributed by atoms with van der Waals surface area (Å²) in [7, 11) is 0. The zero-order valence-electron chi connectivity index (χ0n) is 14.8. The maximum atomic E-state index is 14.8. The van der Waals surface area contributed by atoms with Gasteiger partial charge in [-0.05, 0) is 30.9 Å². The van der Waals surface area contributed by atoms with Crippen molar-refractivity contribution < 1.29 is 14.0 Å². The number of amides is 2. The second-order valence-corrected chi connectivity index (χ2v) is 7.08. The number of carbonyl (C=O) groups excluding carboxylic acids is 2. The number of carbonyl (C=O) groups is 2. The second-order valence-electron chi connectivity index (χ2n) is 7.08. The Morgan fingerprint density at radius 3 is 2.48 bits per heavy atom. The summed E-state index contributed by atoms with van der Waals surface area (Å²) in [4.78, 5) is 38.1. The quantitative estimate of drug-likeness (QED) is 0.784. The number of nitrogen functional groups attached to an aromatic ring is 1. The molecule has 1 aromatic carbocycles. The summed E-state index contributed by atoms with van der Waals surface area (Å²) in [5.41, 5.74) is 5.95. The lowest BCUT2D eigenvalue weighted by Gasteiger charge is -2.32. The fraction of sp³-hybridized carbons (Fsp3) is 0.316. The number of aromatic nitrogens is 1. The molecule has 7 nitrogen and oxygen atoms in total. The van der Waals surface area contributed by atoms with Crippen molar-refractivity contribution in [2.45, 2.75) is 19.8 Å². The van der Waals surface area contributed by atoms with Gasteiger partial charge in [0.05, 0.1) is 22.5 Å². The number of nitrogens with zero attached hydrogens (tertiary/aromatic N) is 2. The molecule has 3 N–H and O–H groups in total. The minimum atomic E-state index is -0.666. The van der Waals surface area contributed by atoms with Crippen molar-refractivity contribution in [2.24, 2.45) is 5.92 Å². The van der Waals surface area contributed by atoms with E-state index in [2.05, 4.69) is 12.2 Å². The normalized spacial score (nSPS) is 17.2. The van der Waals surface area contributed by atoms with E-state index in [1.54, 1.807) is 12.1 Å². The number of halogens is 1. The molecule has 2 aliphatic heterocycles. The number of nitrogens with two attached hydrogens (primary N) is 1. The van der Waals surface area contributed by atoms with Gasteiger partial charge in [0.2, 0.25) is 0 Å². The molecule has 1 saturated heterocycles. The van der Waals surface area contributed by atoms with E-state index in [1.807, 2.05) is 4.90 Å². The topological polar surface area (TPSA) is 97.4 Å². The Morgan fingerprint density at radius 2 is 1.81 bits per heavy atom. The van der Waals surface area contributed by atoms with Gasteiger partial charge in [0, 0.05) is 25.2 Å². The van der Waals surface area contributed by atoms with E-state index >= 15 is 0 Å². The van der Waals surface area contributed by atoms with E-state index in [-0.39, 0.29) is 22.6 Å². The van der Waals surface area contributed by atoms with Gasteiger partial charge in [-0.3, -0.25) is 24.3 Å². The molecule has 0 atom stereocenters. The van der Waals surface area contributed by atoms with Crippen LogP contribution in [0.15, 0.2) is 29.1 Å². The van der Waals surface area contributed by atoms with E-state index in [1.165, 1.54) is 6.07 Å². The number of nitrogens with one attached hydrogen (secondary N) is 1. The van der Waals surface area contributed by atoms with Crippen LogP contribution in [0.2, 0.25) is 0 Å². The van der Waals surface area contributed by atoms with E-state index < -0.39 is 23.2 Å². The van der Waals surface area contributed by atoms with Crippen LogP contribution in [-0.4, -0.2) is 29.5 Å². The van der Waals surface area contributed by atoms with Gasteiger partial charge in [-0.15, -0.1) is 0 Å². The van der Waals surface area contributed by atoms with Crippen molar-refractivity contribution >= 4 is 23.3 Å². The maximum absolute atomic E-state index is 14.8. The number of imide groups is 1. The molecular weight excluding hydrogens is 351 g/mol. The van der Waals surface area contributed by atoms with Crippen LogP contribution >= 0.6 is 0 Å². The Balaban J connectivity index is 1.76. The summed E-state index contributed by atoms with van der Waals surface area (Å²) in [5.74, 6) is -1.34. The molecule has 1 aromatic heterocycles. The van der Waals surface area contributed by atoms with Gasteiger partial charge in [-0.1, -0.05) is 6.92 Å². The van der Waals surface area contributed by atoms with Crippen molar-refractivity contribution in [3.05, 3.63) is 51.6 Å². The Labute approximate surface area is 154 Å². The van der Waals surface area contributed by atoms with Crippen LogP contribution in [0, 0.1) is 11.7 Å². The highest BCUT2D eigenvalue weighted by Crippen LogP contribution is 2.28. The van der Waals surface area contributed by atoms with Gasteiger partial charge in [-0.2, -0.15) is 0 Å². The summed E-state index contributed by atoms with van der Waals surface area (Å²) in [6.45, 7) is 3.74. The third-order valence-electron chi connectivity index (χ3n) is 5.27. The van der Waals surface area contributed by atoms with E-state index in [9.17, 15) is 18.8 Å². The minimum Gasteiger partial charge on any atom is -0.384 e. The number of anilines is 2. The van der Waals surface area contributed by atoms with Crippen molar-refractivity contribution in [3.63, 3.8) is 0 Å². The van der Waals surface area contributed by atoms with Crippen LogP contribution in [0.25, 0.3) is 5.69 Å². The SMILES string of the molecule is CC1CCN(c2ccc(-n3c(N)c4c(cc3=O)C(=O)NC4=O)cc2F)CC1. The van der Waals surface area contributed by atoms with E-state index in [0.29, 0.717) is 11.6 Å². The number of rotatable bonds is 2. The second kappa shape index (κ2) is 6.22. The van der Waals surface area contributed by atoms with Crippen molar-refractivity contribution in [2.75, 3.05) is 23.7 Å². The highest BCUT2D eigenvalue weighted by Gasteiger charge is 2.32. The molecule has 8 heteroatoms. The summed E-state index contributed by atoms with van der Waals surface area (Å²) in [5, 5.41) is 2.11. The Bertz CT molecular complexity index is 1020. The molecule has 2 aromatic rings. The Hall–Kier alpha value is -3.16. The van der Waals surface area contributed by atoms with Crippen LogP contribution in [0.4, 0.5) is 15.9 Å². The first kappa shape index (κ1) is 17.3. The molecule has 27 heavy (non-hydrogen) atoms. The first-order chi connectivity index (χ1) is 12.9. The highest BCUT2D eigenvalue weighted by atomic mass is 19.1. The van der Waals surface area contributed by atoms with Gasteiger partial charge >= 0.3 is 0 Å². The molecule has 0 saturated carbocycles. The summed E-state index contributed by atoms with van der Waals surface area (Å²) in [6, 6.07) is 5.48. The minimum absolute atomic E-state index is 0.0571. The van der Waals surface area contributed by atoms with Crippen molar-refractivity contribution in [3.8, 4) is 5.69 Å². The summed E-state index contributed by atoms with van der Waals surface area (Å²) < 4.78 is 15.8. The van der Waals surface area contributed by atoms with Crippen LogP contribution in [0.1, 0.15) is 40.5 Å². The molecule has 0 bridgehead atoms. The number of piperidine rings is 1. The highest BCUT2D eigenvalue weighted by molar-refractivity contribution is 6.23. The third-order valence-corrected chi connectivity index (χ3v) is 5.27. The molecule has 0 spiro atoms. The molecule has 0 unspecified atom stereocenters. The maximum Gasteiger partial charge on any atom is 0.262 e. The lowest BCUT2D eigenvalue weighted by atomic mass is 9.99. The molecule has 140 valence electrons. The predicted octanol–water partition coefficient (Wildman–Crippen LogP) is 1.68. The number of fused-ring (bicyclic) bond motifs is 1. The largest absolute Gasteiger partial charge is 0.384 e. The van der Waals surface area contributed by atoms with Crippen molar-refractivity contribution in [1.82, 2.24) is 9.88 Å². The molecule has 2 aliphatic rings. The Morgan fingerprint density at radius 1 is 1.11 bits per heavy atom. The van der Waals surface area contributed by atoms with Crippen molar-refractivity contribution in [1.29, 1.82) is 0 Å². The average molecular weight is 370 g/mol. The number of hydrogen-bond acceptors (Lipinski definition) is 5. The van der Waals surface area contributed by atoms with E-state index in [4.69, 9.17) is 5.73 Å². The van der Waals surface area contributed by atoms with Crippen LogP contribution in [0.3, 0.4) is 0 Å². The third kappa shape index (κ3) is 2.77. The summed E-state index contributed by atoms with van der Waals surface area (Å²) in [6.07, 6.45) is 2.00. The smallest absolute Gasteiger partial charge is 0.262 e. The fourth-order valence-electron chi connectivity index (χ4n) is 3.69. The van der Waals surface area contributed by atoms with Gasteiger partial charge < -0.3 is 10.6 Å². The standard InChI is InChI=1S/C19H19FN4O3/c1-10-4-6-23(7-5-10)14-3-2-11(8-13(14)20)24-15(25)9-12-16(17(24)21)19(27)22-18(12)26/h2-3,8-10H,4-7,21H2,1H3,(H,22,26,27). The van der Waals surface area contributed by atoms with Gasteiger partial charge in [0.15, 0.2) is 0 Å². The average Bonchev–Trinajstić information content (AvgIpc) is 2.90. The Kier molecular flexibility index (Phi) is 3.98. The van der Waals surface area contributed by atoms with Gasteiger partial charge in [-0.25, -0.2) is 4.39 Å². The van der Waals surface area contributed by atoms with Gasteiger partial charge in [0.1, 0.15) is 11.6 Å². The van der Waals surface area contributed by atoms with Crippen LogP contribution in [-0.2, 0) is 0 Å². The number of pyridine rings is 1. The number of benzene rings is 1. The summed E-state index contributed by atoms with van der Waals surface area (Å²) >= 11 is 0. The predicted molar refractivity (Wildman–Crippen MR) is 98.8 cm³/mol. The fourth-order valence-corrected chi connectivity index (χ4v) is 3.69. The lowest BCUT2D eigenvalue weighted by Crippen LogP contribution is -2.33. The van der Waals surface area contributed by atoms with E-state index in [0.717, 1.165) is 36.6 Å². The first-order valence-corrected chi connectivity index (χ1v) is 8.83. The van der Waals surface area contributed by atoms with Crippen LogP contribution in [0.5, 0.6) is 0 Å². The molecule has 0 aliphatic carbocycles. The molecular formula is C19H19FN4O3. The molecule has 4 rings (SSSR count). The first-order valence-electron chi connectivity index (χ1n) is 8.83. The molecule has 0 radical (unpaired) electrons. The molecule has 1 fully saturated rings.